The molecule has 6 nitrogen and oxygen atoms in total. The van der Waals surface area contributed by atoms with E-state index in [9.17, 15) is 9.59 Å². The van der Waals surface area contributed by atoms with Crippen molar-refractivity contribution in [3.05, 3.63) is 35.4 Å². The van der Waals surface area contributed by atoms with Crippen LogP contribution in [-0.4, -0.2) is 32.1 Å². The van der Waals surface area contributed by atoms with E-state index in [1.807, 2.05) is 19.9 Å². The van der Waals surface area contributed by atoms with Gasteiger partial charge in [-0.2, -0.15) is 5.26 Å². The Kier molecular flexibility index (Phi) is 8.23. The predicted octanol–water partition coefficient (Wildman–Crippen LogP) is 2.31. The summed E-state index contributed by atoms with van der Waals surface area (Å²) in [4.78, 5) is 23.4. The maximum absolute atomic E-state index is 11.8. The average molecular weight is 330 g/mol. The SMILES string of the molecule is COCCNC(=O)/C(C#N)=C/c1ccc(OC(=O)CC(C)C)cc1. The molecule has 1 rings (SSSR count). The molecule has 24 heavy (non-hydrogen) atoms. The molecule has 0 aliphatic heterocycles. The van der Waals surface area contributed by atoms with E-state index < -0.39 is 5.91 Å². The molecule has 6 heteroatoms. The topological polar surface area (TPSA) is 88.4 Å². The van der Waals surface area contributed by atoms with Gasteiger partial charge in [0.2, 0.25) is 0 Å². The quantitative estimate of drug-likeness (QED) is 0.260. The van der Waals surface area contributed by atoms with E-state index in [0.29, 0.717) is 30.9 Å². The van der Waals surface area contributed by atoms with Crippen molar-refractivity contribution in [3.63, 3.8) is 0 Å². The zero-order valence-electron chi connectivity index (χ0n) is 14.2. The van der Waals surface area contributed by atoms with Crippen molar-refractivity contribution in [1.29, 1.82) is 5.26 Å². The number of nitrogens with one attached hydrogen (secondary N) is 1. The fraction of sp³-hybridized carbons (Fsp3) is 0.389. The smallest absolute Gasteiger partial charge is 0.311 e. The zero-order valence-corrected chi connectivity index (χ0v) is 14.2. The number of hydrogen-bond donors (Lipinski definition) is 1. The van der Waals surface area contributed by atoms with Gasteiger partial charge in [0.05, 0.1) is 6.61 Å². The van der Waals surface area contributed by atoms with E-state index in [1.165, 1.54) is 13.2 Å². The lowest BCUT2D eigenvalue weighted by atomic mass is 10.1. The van der Waals surface area contributed by atoms with Crippen LogP contribution < -0.4 is 10.1 Å². The Labute approximate surface area is 142 Å². The number of benzene rings is 1. The number of rotatable bonds is 8. The summed E-state index contributed by atoms with van der Waals surface area (Å²) in [6.07, 6.45) is 1.82. The fourth-order valence-electron chi connectivity index (χ4n) is 1.82. The van der Waals surface area contributed by atoms with Crippen LogP contribution in [0.5, 0.6) is 5.75 Å². The Morgan fingerprint density at radius 1 is 1.29 bits per heavy atom. The monoisotopic (exact) mass is 330 g/mol. The molecule has 1 aromatic rings. The van der Waals surface area contributed by atoms with Gasteiger partial charge < -0.3 is 14.8 Å². The van der Waals surface area contributed by atoms with Crippen LogP contribution in [0.4, 0.5) is 0 Å². The van der Waals surface area contributed by atoms with Crippen LogP contribution in [0.2, 0.25) is 0 Å². The first-order valence-electron chi connectivity index (χ1n) is 7.66. The van der Waals surface area contributed by atoms with Crippen molar-refractivity contribution in [2.75, 3.05) is 20.3 Å². The molecule has 0 aliphatic carbocycles. The molecule has 0 saturated carbocycles. The van der Waals surface area contributed by atoms with Crippen molar-refractivity contribution < 1.29 is 19.1 Å². The second-order valence-corrected chi connectivity index (χ2v) is 5.56. The number of hydrogen-bond acceptors (Lipinski definition) is 5. The molecule has 0 bridgehead atoms. The molecule has 128 valence electrons. The Balaban J connectivity index is 2.71. The molecule has 0 unspecified atom stereocenters. The van der Waals surface area contributed by atoms with E-state index in [2.05, 4.69) is 5.32 Å². The van der Waals surface area contributed by atoms with Crippen molar-refractivity contribution in [2.45, 2.75) is 20.3 Å². The number of carbonyl (C=O) groups excluding carboxylic acids is 2. The Morgan fingerprint density at radius 3 is 2.50 bits per heavy atom. The summed E-state index contributed by atoms with van der Waals surface area (Å²) in [5, 5.41) is 11.7. The number of esters is 1. The Hall–Kier alpha value is -2.65. The van der Waals surface area contributed by atoms with Gasteiger partial charge in [-0.25, -0.2) is 0 Å². The van der Waals surface area contributed by atoms with Crippen LogP contribution in [0.15, 0.2) is 29.8 Å². The molecule has 1 aromatic carbocycles. The Bertz CT molecular complexity index is 627. The first-order chi connectivity index (χ1) is 11.5. The highest BCUT2D eigenvalue weighted by Crippen LogP contribution is 2.16. The van der Waals surface area contributed by atoms with Crippen LogP contribution in [0.1, 0.15) is 25.8 Å². The molecule has 0 aliphatic rings. The second kappa shape index (κ2) is 10.2. The summed E-state index contributed by atoms with van der Waals surface area (Å²) in [6, 6.07) is 8.48. The van der Waals surface area contributed by atoms with Crippen LogP contribution in [0.3, 0.4) is 0 Å². The lowest BCUT2D eigenvalue weighted by Crippen LogP contribution is -2.27. The third-order valence-electron chi connectivity index (χ3n) is 2.95. The molecule has 0 fully saturated rings. The zero-order chi connectivity index (χ0) is 17.9. The van der Waals surface area contributed by atoms with Crippen LogP contribution >= 0.6 is 0 Å². The fourth-order valence-corrected chi connectivity index (χ4v) is 1.82. The minimum atomic E-state index is -0.456. The molecule has 0 atom stereocenters. The van der Waals surface area contributed by atoms with Gasteiger partial charge in [-0.1, -0.05) is 26.0 Å². The minimum Gasteiger partial charge on any atom is -0.427 e. The maximum atomic E-state index is 11.8. The molecule has 0 aromatic heterocycles. The van der Waals surface area contributed by atoms with Gasteiger partial charge in [0.15, 0.2) is 0 Å². The molecular weight excluding hydrogens is 308 g/mol. The summed E-state index contributed by atoms with van der Waals surface area (Å²) in [7, 11) is 1.53. The number of methoxy groups -OCH3 is 1. The number of carbonyl (C=O) groups is 2. The van der Waals surface area contributed by atoms with Crippen LogP contribution in [0.25, 0.3) is 6.08 Å². The maximum Gasteiger partial charge on any atom is 0.311 e. The normalized spacial score (nSPS) is 11.0. The summed E-state index contributed by atoms with van der Waals surface area (Å²) in [5.41, 5.74) is 0.660. The van der Waals surface area contributed by atoms with Gasteiger partial charge in [-0.05, 0) is 29.7 Å². The van der Waals surface area contributed by atoms with Gasteiger partial charge in [0.25, 0.3) is 5.91 Å². The largest absolute Gasteiger partial charge is 0.427 e. The number of amides is 1. The van der Waals surface area contributed by atoms with Crippen molar-refractivity contribution >= 4 is 18.0 Å². The molecular formula is C18H22N2O4. The number of ether oxygens (including phenoxy) is 2. The van der Waals surface area contributed by atoms with Gasteiger partial charge in [0, 0.05) is 20.1 Å². The summed E-state index contributed by atoms with van der Waals surface area (Å²) >= 11 is 0. The lowest BCUT2D eigenvalue weighted by Gasteiger charge is -2.06. The molecule has 0 spiro atoms. The van der Waals surface area contributed by atoms with Crippen LogP contribution in [0, 0.1) is 17.2 Å². The number of nitriles is 1. The number of nitrogens with zero attached hydrogens (tertiary/aromatic N) is 1. The minimum absolute atomic E-state index is 0.00402. The first-order valence-corrected chi connectivity index (χ1v) is 7.66. The summed E-state index contributed by atoms with van der Waals surface area (Å²) in [5.74, 6) is -0.0825. The highest BCUT2D eigenvalue weighted by molar-refractivity contribution is 6.01. The van der Waals surface area contributed by atoms with Crippen molar-refractivity contribution in [1.82, 2.24) is 5.32 Å². The third kappa shape index (κ3) is 7.07. The average Bonchev–Trinajstić information content (AvgIpc) is 2.53. The van der Waals surface area contributed by atoms with Gasteiger partial charge in [-0.15, -0.1) is 0 Å². The Morgan fingerprint density at radius 2 is 1.96 bits per heavy atom. The van der Waals surface area contributed by atoms with Gasteiger partial charge in [0.1, 0.15) is 17.4 Å². The predicted molar refractivity (Wildman–Crippen MR) is 90.0 cm³/mol. The highest BCUT2D eigenvalue weighted by atomic mass is 16.5. The van der Waals surface area contributed by atoms with E-state index in [4.69, 9.17) is 14.7 Å². The van der Waals surface area contributed by atoms with Gasteiger partial charge >= 0.3 is 5.97 Å². The van der Waals surface area contributed by atoms with Gasteiger partial charge in [-0.3, -0.25) is 9.59 Å². The van der Waals surface area contributed by atoms with E-state index in [0.717, 1.165) is 0 Å². The van der Waals surface area contributed by atoms with E-state index in [-0.39, 0.29) is 17.5 Å². The van der Waals surface area contributed by atoms with Crippen molar-refractivity contribution in [3.8, 4) is 11.8 Å². The summed E-state index contributed by atoms with van der Waals surface area (Å²) < 4.78 is 10.0. The summed E-state index contributed by atoms with van der Waals surface area (Å²) in [6.45, 7) is 4.59. The molecule has 0 saturated heterocycles. The second-order valence-electron chi connectivity index (χ2n) is 5.56. The van der Waals surface area contributed by atoms with E-state index in [1.54, 1.807) is 24.3 Å². The lowest BCUT2D eigenvalue weighted by molar-refractivity contribution is -0.135. The van der Waals surface area contributed by atoms with E-state index >= 15 is 0 Å². The molecule has 1 amide bonds. The van der Waals surface area contributed by atoms with Crippen LogP contribution in [-0.2, 0) is 14.3 Å². The third-order valence-corrected chi connectivity index (χ3v) is 2.95. The van der Waals surface area contributed by atoms with Crippen molar-refractivity contribution in [2.24, 2.45) is 5.92 Å². The molecule has 0 radical (unpaired) electrons. The molecule has 1 N–H and O–H groups in total. The molecule has 0 heterocycles. The first kappa shape index (κ1) is 19.4. The standard InChI is InChI=1S/C18H22N2O4/c1-13(2)10-17(21)24-16-6-4-14(5-7-16)11-15(12-19)18(22)20-8-9-23-3/h4-7,11,13H,8-10H2,1-3H3,(H,20,22)/b15-11+. The highest BCUT2D eigenvalue weighted by Gasteiger charge is 2.09.